The number of amides is 1. The molecule has 0 N–H and O–H groups in total. The maximum Gasteiger partial charge on any atom is 0.232 e. The van der Waals surface area contributed by atoms with Crippen molar-refractivity contribution in [3.63, 3.8) is 0 Å². The summed E-state index contributed by atoms with van der Waals surface area (Å²) < 4.78 is 11.8. The summed E-state index contributed by atoms with van der Waals surface area (Å²) in [6, 6.07) is 0. The summed E-state index contributed by atoms with van der Waals surface area (Å²) in [4.78, 5) is 22.6. The zero-order chi connectivity index (χ0) is 17.8. The van der Waals surface area contributed by atoms with Crippen LogP contribution in [0.3, 0.4) is 0 Å². The second-order valence-electron chi connectivity index (χ2n) is 8.18. The van der Waals surface area contributed by atoms with Crippen molar-refractivity contribution < 1.29 is 14.3 Å². The number of hydrogen-bond acceptors (Lipinski definition) is 5. The van der Waals surface area contributed by atoms with Crippen LogP contribution in [0.25, 0.3) is 0 Å². The molecule has 3 heterocycles. The SMILES string of the molecule is O=C(CC1CCCC1)N1CC2(C[C@H](CCOc3cnccn3)CCO2)C1. The lowest BCUT2D eigenvalue weighted by Gasteiger charge is -2.53. The second kappa shape index (κ2) is 7.91. The van der Waals surface area contributed by atoms with Gasteiger partial charge in [0, 0.05) is 25.4 Å². The molecule has 1 aliphatic carbocycles. The molecule has 2 aliphatic heterocycles. The molecule has 1 saturated carbocycles. The Bertz CT molecular complexity index is 598. The first kappa shape index (κ1) is 17.7. The summed E-state index contributed by atoms with van der Waals surface area (Å²) in [5.41, 5.74) is -0.0964. The number of rotatable bonds is 6. The fourth-order valence-corrected chi connectivity index (χ4v) is 4.70. The van der Waals surface area contributed by atoms with E-state index >= 15 is 0 Å². The molecule has 1 aromatic heterocycles. The number of ether oxygens (including phenoxy) is 2. The van der Waals surface area contributed by atoms with Gasteiger partial charge in [0.2, 0.25) is 11.8 Å². The highest BCUT2D eigenvalue weighted by Crippen LogP contribution is 2.39. The predicted molar refractivity (Wildman–Crippen MR) is 96.7 cm³/mol. The van der Waals surface area contributed by atoms with E-state index in [2.05, 4.69) is 9.97 Å². The van der Waals surface area contributed by atoms with Gasteiger partial charge in [0.25, 0.3) is 0 Å². The van der Waals surface area contributed by atoms with Gasteiger partial charge in [0.1, 0.15) is 5.60 Å². The summed E-state index contributed by atoms with van der Waals surface area (Å²) in [7, 11) is 0. The maximum absolute atomic E-state index is 12.5. The van der Waals surface area contributed by atoms with Gasteiger partial charge in [-0.1, -0.05) is 12.8 Å². The quantitative estimate of drug-likeness (QED) is 0.781. The zero-order valence-electron chi connectivity index (χ0n) is 15.4. The molecule has 0 unspecified atom stereocenters. The van der Waals surface area contributed by atoms with Crippen LogP contribution in [0.4, 0.5) is 0 Å². The highest BCUT2D eigenvalue weighted by Gasteiger charge is 2.49. The number of nitrogens with zero attached hydrogens (tertiary/aromatic N) is 3. The molecule has 1 spiro atoms. The Morgan fingerprint density at radius 1 is 1.23 bits per heavy atom. The van der Waals surface area contributed by atoms with Crippen LogP contribution in [-0.4, -0.2) is 52.7 Å². The Morgan fingerprint density at radius 3 is 2.85 bits per heavy atom. The molecule has 1 amide bonds. The summed E-state index contributed by atoms with van der Waals surface area (Å²) in [6.07, 6.45) is 13.8. The van der Waals surface area contributed by atoms with Gasteiger partial charge in [-0.05, 0) is 43.9 Å². The third kappa shape index (κ3) is 4.17. The van der Waals surface area contributed by atoms with Crippen LogP contribution in [-0.2, 0) is 9.53 Å². The molecular formula is C20H29N3O3. The van der Waals surface area contributed by atoms with Crippen molar-refractivity contribution in [1.29, 1.82) is 0 Å². The number of carbonyl (C=O) groups excluding carboxylic acids is 1. The Hall–Kier alpha value is -1.69. The van der Waals surface area contributed by atoms with E-state index in [9.17, 15) is 4.79 Å². The molecule has 0 radical (unpaired) electrons. The van der Waals surface area contributed by atoms with Gasteiger partial charge in [-0.25, -0.2) is 4.98 Å². The summed E-state index contributed by atoms with van der Waals surface area (Å²) in [5.74, 6) is 2.13. The van der Waals surface area contributed by atoms with Crippen LogP contribution in [0.15, 0.2) is 18.6 Å². The van der Waals surface area contributed by atoms with Gasteiger partial charge >= 0.3 is 0 Å². The van der Waals surface area contributed by atoms with Crippen molar-refractivity contribution in [2.45, 2.75) is 57.0 Å². The largest absolute Gasteiger partial charge is 0.477 e. The zero-order valence-corrected chi connectivity index (χ0v) is 15.4. The van der Waals surface area contributed by atoms with E-state index in [1.165, 1.54) is 25.7 Å². The Labute approximate surface area is 155 Å². The molecule has 6 nitrogen and oxygen atoms in total. The van der Waals surface area contributed by atoms with Crippen LogP contribution in [0.2, 0.25) is 0 Å². The third-order valence-electron chi connectivity index (χ3n) is 6.16. The first-order valence-electron chi connectivity index (χ1n) is 10.0. The summed E-state index contributed by atoms with van der Waals surface area (Å²) in [5, 5.41) is 0. The molecule has 2 saturated heterocycles. The minimum atomic E-state index is -0.0964. The first-order valence-corrected chi connectivity index (χ1v) is 10.0. The van der Waals surface area contributed by atoms with Gasteiger partial charge in [-0.3, -0.25) is 9.78 Å². The van der Waals surface area contributed by atoms with E-state index in [0.29, 0.717) is 30.2 Å². The van der Waals surface area contributed by atoms with E-state index in [0.717, 1.165) is 45.4 Å². The van der Waals surface area contributed by atoms with E-state index < -0.39 is 0 Å². The molecule has 3 aliphatic rings. The van der Waals surface area contributed by atoms with Crippen LogP contribution >= 0.6 is 0 Å². The molecule has 6 heteroatoms. The van der Waals surface area contributed by atoms with Crippen LogP contribution in [0.1, 0.15) is 51.4 Å². The summed E-state index contributed by atoms with van der Waals surface area (Å²) in [6.45, 7) is 3.00. The van der Waals surface area contributed by atoms with Gasteiger partial charge in [-0.15, -0.1) is 0 Å². The molecule has 1 atom stereocenters. The number of likely N-dealkylation sites (tertiary alicyclic amines) is 1. The first-order chi connectivity index (χ1) is 12.7. The molecular weight excluding hydrogens is 330 g/mol. The fraction of sp³-hybridized carbons (Fsp3) is 0.750. The molecule has 142 valence electrons. The van der Waals surface area contributed by atoms with E-state index in [1.807, 2.05) is 4.90 Å². The average Bonchev–Trinajstić information content (AvgIpc) is 3.14. The fourth-order valence-electron chi connectivity index (χ4n) is 4.70. The highest BCUT2D eigenvalue weighted by atomic mass is 16.5. The lowest BCUT2D eigenvalue weighted by molar-refractivity contribution is -0.189. The van der Waals surface area contributed by atoms with Crippen LogP contribution in [0.5, 0.6) is 5.88 Å². The normalized spacial score (nSPS) is 25.2. The van der Waals surface area contributed by atoms with Crippen LogP contribution < -0.4 is 4.74 Å². The van der Waals surface area contributed by atoms with E-state index in [4.69, 9.17) is 9.47 Å². The Morgan fingerprint density at radius 2 is 2.08 bits per heavy atom. The van der Waals surface area contributed by atoms with Crippen molar-refractivity contribution in [2.75, 3.05) is 26.3 Å². The van der Waals surface area contributed by atoms with Crippen molar-refractivity contribution in [3.8, 4) is 5.88 Å². The lowest BCUT2D eigenvalue weighted by Crippen LogP contribution is -2.66. The van der Waals surface area contributed by atoms with Crippen molar-refractivity contribution in [1.82, 2.24) is 14.9 Å². The molecule has 26 heavy (non-hydrogen) atoms. The topological polar surface area (TPSA) is 64.6 Å². The maximum atomic E-state index is 12.5. The minimum Gasteiger partial charge on any atom is -0.477 e. The number of carbonyl (C=O) groups is 1. The minimum absolute atomic E-state index is 0.0964. The van der Waals surface area contributed by atoms with Crippen molar-refractivity contribution in [3.05, 3.63) is 18.6 Å². The highest BCUT2D eigenvalue weighted by molar-refractivity contribution is 5.77. The van der Waals surface area contributed by atoms with E-state index in [-0.39, 0.29) is 5.60 Å². The predicted octanol–water partition coefficient (Wildman–Crippen LogP) is 2.83. The van der Waals surface area contributed by atoms with Gasteiger partial charge in [0.15, 0.2) is 0 Å². The second-order valence-corrected chi connectivity index (χ2v) is 8.18. The van der Waals surface area contributed by atoms with Gasteiger partial charge < -0.3 is 14.4 Å². The molecule has 1 aromatic rings. The van der Waals surface area contributed by atoms with E-state index in [1.54, 1.807) is 18.6 Å². The summed E-state index contributed by atoms with van der Waals surface area (Å²) >= 11 is 0. The molecule has 4 rings (SSSR count). The molecule has 3 fully saturated rings. The molecule has 0 aromatic carbocycles. The number of aromatic nitrogens is 2. The smallest absolute Gasteiger partial charge is 0.232 e. The molecule has 0 bridgehead atoms. The third-order valence-corrected chi connectivity index (χ3v) is 6.16. The lowest BCUT2D eigenvalue weighted by atomic mass is 9.79. The van der Waals surface area contributed by atoms with Crippen molar-refractivity contribution >= 4 is 5.91 Å². The van der Waals surface area contributed by atoms with Gasteiger partial charge in [-0.2, -0.15) is 0 Å². The van der Waals surface area contributed by atoms with Gasteiger partial charge in [0.05, 0.1) is 25.9 Å². The van der Waals surface area contributed by atoms with Crippen LogP contribution in [0, 0.1) is 11.8 Å². The standard InChI is InChI=1S/C20H29N3O3/c24-19(11-16-3-1-2-4-16)23-14-20(15-23)12-17(6-10-26-20)5-9-25-18-13-21-7-8-22-18/h7-8,13,16-17H,1-6,9-12,14-15H2/t17-/m1/s1. The number of hydrogen-bond donors (Lipinski definition) is 0. The Balaban J connectivity index is 1.20. The monoisotopic (exact) mass is 359 g/mol. The van der Waals surface area contributed by atoms with Crippen molar-refractivity contribution in [2.24, 2.45) is 11.8 Å². The Kier molecular flexibility index (Phi) is 5.38. The average molecular weight is 359 g/mol.